The molecular weight excluding hydrogens is 246 g/mol. The van der Waals surface area contributed by atoms with E-state index in [9.17, 15) is 0 Å². The molecule has 2 rings (SSSR count). The molecule has 0 fully saturated rings. The number of nitrogens with one attached hydrogen (secondary N) is 1. The highest BCUT2D eigenvalue weighted by molar-refractivity contribution is 6.34. The lowest BCUT2D eigenvalue weighted by Crippen LogP contribution is -2.03. The van der Waals surface area contributed by atoms with E-state index < -0.39 is 0 Å². The number of hydrogen-bond acceptors (Lipinski definition) is 3. The Hall–Kier alpha value is -1.79. The molecule has 0 bridgehead atoms. The lowest BCUT2D eigenvalue weighted by atomic mass is 10.2. The highest BCUT2D eigenvalue weighted by atomic mass is 35.5. The second kappa shape index (κ2) is 6.23. The maximum Gasteiger partial charge on any atom is 0.139 e. The van der Waals surface area contributed by atoms with Crippen LogP contribution in [0.15, 0.2) is 30.3 Å². The summed E-state index contributed by atoms with van der Waals surface area (Å²) in [7, 11) is 0. The van der Waals surface area contributed by atoms with E-state index in [1.54, 1.807) is 0 Å². The van der Waals surface area contributed by atoms with Gasteiger partial charge in [-0.15, -0.1) is 0 Å². The molecule has 1 heterocycles. The molecule has 92 valence electrons. The fraction of sp³-hybridized carbons (Fsp3) is 0.286. The molecule has 0 unspecified atom stereocenters. The first kappa shape index (κ1) is 12.7. The second-order valence-corrected chi connectivity index (χ2v) is 4.42. The summed E-state index contributed by atoms with van der Waals surface area (Å²) in [4.78, 5) is 4.31. The fourth-order valence-electron chi connectivity index (χ4n) is 1.79. The van der Waals surface area contributed by atoms with Crippen molar-refractivity contribution in [2.24, 2.45) is 0 Å². The highest BCUT2D eigenvalue weighted by Gasteiger charge is 2.02. The molecule has 2 aromatic rings. The number of anilines is 1. The topological polar surface area (TPSA) is 48.7 Å². The summed E-state index contributed by atoms with van der Waals surface area (Å²) in [6, 6.07) is 12.0. The first-order chi connectivity index (χ1) is 8.81. The third kappa shape index (κ3) is 3.12. The molecule has 0 aliphatic rings. The van der Waals surface area contributed by atoms with E-state index in [-0.39, 0.29) is 0 Å². The number of rotatable bonds is 5. The lowest BCUT2D eigenvalue weighted by Gasteiger charge is -2.07. The van der Waals surface area contributed by atoms with Crippen LogP contribution in [0.2, 0.25) is 5.15 Å². The maximum atomic E-state index is 8.44. The third-order valence-corrected chi connectivity index (χ3v) is 3.00. The molecule has 0 atom stereocenters. The third-order valence-electron chi connectivity index (χ3n) is 2.72. The molecule has 1 aromatic heterocycles. The first-order valence-electron chi connectivity index (χ1n) is 5.97. The SMILES string of the molecule is N#CCCCCNc1cc2ccccc2c(Cl)n1. The van der Waals surface area contributed by atoms with Crippen molar-refractivity contribution in [1.29, 1.82) is 5.26 Å². The number of hydrogen-bond donors (Lipinski definition) is 1. The van der Waals surface area contributed by atoms with Crippen LogP contribution in [-0.4, -0.2) is 11.5 Å². The Morgan fingerprint density at radius 1 is 1.28 bits per heavy atom. The number of nitriles is 1. The van der Waals surface area contributed by atoms with E-state index >= 15 is 0 Å². The van der Waals surface area contributed by atoms with Gasteiger partial charge in [-0.3, -0.25) is 0 Å². The van der Waals surface area contributed by atoms with Crippen LogP contribution in [0, 0.1) is 11.3 Å². The fourth-order valence-corrected chi connectivity index (χ4v) is 2.06. The van der Waals surface area contributed by atoms with Gasteiger partial charge in [-0.25, -0.2) is 4.98 Å². The van der Waals surface area contributed by atoms with Gasteiger partial charge in [0.1, 0.15) is 11.0 Å². The van der Waals surface area contributed by atoms with Crippen LogP contribution >= 0.6 is 11.6 Å². The average molecular weight is 260 g/mol. The molecule has 0 spiro atoms. The smallest absolute Gasteiger partial charge is 0.139 e. The van der Waals surface area contributed by atoms with Gasteiger partial charge < -0.3 is 5.32 Å². The van der Waals surface area contributed by atoms with Crippen molar-refractivity contribution >= 4 is 28.2 Å². The predicted molar refractivity (Wildman–Crippen MR) is 74.7 cm³/mol. The van der Waals surface area contributed by atoms with Gasteiger partial charge in [-0.05, 0) is 24.3 Å². The van der Waals surface area contributed by atoms with Crippen LogP contribution in [0.3, 0.4) is 0 Å². The molecule has 4 heteroatoms. The van der Waals surface area contributed by atoms with Crippen molar-refractivity contribution in [3.05, 3.63) is 35.5 Å². The van der Waals surface area contributed by atoms with Gasteiger partial charge in [-0.2, -0.15) is 5.26 Å². The molecule has 0 aliphatic carbocycles. The molecule has 0 aliphatic heterocycles. The van der Waals surface area contributed by atoms with Gasteiger partial charge in [0.25, 0.3) is 0 Å². The minimum absolute atomic E-state index is 0.521. The number of pyridine rings is 1. The van der Waals surface area contributed by atoms with Gasteiger partial charge in [0.2, 0.25) is 0 Å². The van der Waals surface area contributed by atoms with E-state index in [0.717, 1.165) is 36.0 Å². The van der Waals surface area contributed by atoms with Crippen molar-refractivity contribution in [2.75, 3.05) is 11.9 Å². The minimum atomic E-state index is 0.521. The summed E-state index contributed by atoms with van der Waals surface area (Å²) in [6.07, 6.45) is 2.47. The number of unbranched alkanes of at least 4 members (excludes halogenated alkanes) is 2. The Kier molecular flexibility index (Phi) is 4.38. The minimum Gasteiger partial charge on any atom is -0.370 e. The van der Waals surface area contributed by atoms with Gasteiger partial charge in [0.05, 0.1) is 6.07 Å². The van der Waals surface area contributed by atoms with E-state index in [4.69, 9.17) is 16.9 Å². The maximum absolute atomic E-state index is 8.44. The number of benzene rings is 1. The van der Waals surface area contributed by atoms with Crippen molar-refractivity contribution in [2.45, 2.75) is 19.3 Å². The van der Waals surface area contributed by atoms with Crippen LogP contribution in [0.25, 0.3) is 10.8 Å². The lowest BCUT2D eigenvalue weighted by molar-refractivity contribution is 0.783. The number of halogens is 1. The Morgan fingerprint density at radius 2 is 2.11 bits per heavy atom. The van der Waals surface area contributed by atoms with Crippen LogP contribution in [-0.2, 0) is 0 Å². The van der Waals surface area contributed by atoms with Gasteiger partial charge in [0, 0.05) is 18.4 Å². The van der Waals surface area contributed by atoms with Crippen LogP contribution in [0.4, 0.5) is 5.82 Å². The summed E-state index contributed by atoms with van der Waals surface area (Å²) in [5.74, 6) is 0.788. The normalized spacial score (nSPS) is 10.2. The Bertz CT molecular complexity index is 575. The summed E-state index contributed by atoms with van der Waals surface area (Å²) in [6.45, 7) is 0.809. The van der Waals surface area contributed by atoms with Gasteiger partial charge in [0.15, 0.2) is 0 Å². The average Bonchev–Trinajstić information content (AvgIpc) is 2.39. The van der Waals surface area contributed by atoms with Crippen LogP contribution in [0.1, 0.15) is 19.3 Å². The molecule has 0 saturated heterocycles. The molecule has 3 nitrogen and oxygen atoms in total. The zero-order valence-electron chi connectivity index (χ0n) is 9.99. The van der Waals surface area contributed by atoms with Crippen LogP contribution < -0.4 is 5.32 Å². The quantitative estimate of drug-likeness (QED) is 0.652. The van der Waals surface area contributed by atoms with Crippen molar-refractivity contribution in [3.63, 3.8) is 0 Å². The second-order valence-electron chi connectivity index (χ2n) is 4.06. The zero-order chi connectivity index (χ0) is 12.8. The van der Waals surface area contributed by atoms with E-state index in [1.165, 1.54) is 0 Å². The predicted octanol–water partition coefficient (Wildman–Crippen LogP) is 3.99. The number of nitrogens with zero attached hydrogens (tertiary/aromatic N) is 2. The summed E-state index contributed by atoms with van der Waals surface area (Å²) < 4.78 is 0. The zero-order valence-corrected chi connectivity index (χ0v) is 10.7. The number of aromatic nitrogens is 1. The molecule has 0 amide bonds. The summed E-state index contributed by atoms with van der Waals surface area (Å²) >= 11 is 6.13. The highest BCUT2D eigenvalue weighted by Crippen LogP contribution is 2.24. The molecular formula is C14H14ClN3. The summed E-state index contributed by atoms with van der Waals surface area (Å²) in [5, 5.41) is 14.2. The van der Waals surface area contributed by atoms with Gasteiger partial charge in [-0.1, -0.05) is 35.9 Å². The first-order valence-corrected chi connectivity index (χ1v) is 6.35. The van der Waals surface area contributed by atoms with Crippen molar-refractivity contribution in [1.82, 2.24) is 4.98 Å². The van der Waals surface area contributed by atoms with Crippen molar-refractivity contribution < 1.29 is 0 Å². The molecule has 0 radical (unpaired) electrons. The Balaban J connectivity index is 2.03. The molecule has 1 N–H and O–H groups in total. The standard InChI is InChI=1S/C14H14ClN3/c15-14-12-7-3-2-6-11(12)10-13(18-14)17-9-5-1-4-8-16/h2-3,6-7,10H,1,4-5,9H2,(H,17,18). The molecule has 18 heavy (non-hydrogen) atoms. The Morgan fingerprint density at radius 3 is 2.94 bits per heavy atom. The Labute approximate surface area is 111 Å². The largest absolute Gasteiger partial charge is 0.370 e. The van der Waals surface area contributed by atoms with Gasteiger partial charge >= 0.3 is 0 Å². The molecule has 0 saturated carbocycles. The monoisotopic (exact) mass is 259 g/mol. The van der Waals surface area contributed by atoms with Crippen molar-refractivity contribution in [3.8, 4) is 6.07 Å². The summed E-state index contributed by atoms with van der Waals surface area (Å²) in [5.41, 5.74) is 0. The van der Waals surface area contributed by atoms with E-state index in [1.807, 2.05) is 30.3 Å². The van der Waals surface area contributed by atoms with Crippen LogP contribution in [0.5, 0.6) is 0 Å². The van der Waals surface area contributed by atoms with E-state index in [0.29, 0.717) is 11.6 Å². The van der Waals surface area contributed by atoms with E-state index in [2.05, 4.69) is 16.4 Å². The number of fused-ring (bicyclic) bond motifs is 1. The molecule has 1 aromatic carbocycles.